The van der Waals surface area contributed by atoms with Gasteiger partial charge in [-0.05, 0) is 26.8 Å². The summed E-state index contributed by atoms with van der Waals surface area (Å²) in [6.07, 6.45) is 3.53. The molecule has 0 aliphatic carbocycles. The number of nitrogens with zero attached hydrogens (tertiary/aromatic N) is 2. The smallest absolute Gasteiger partial charge is 0.106 e. The van der Waals surface area contributed by atoms with Gasteiger partial charge in [0, 0.05) is 24.3 Å². The van der Waals surface area contributed by atoms with Crippen molar-refractivity contribution in [3.05, 3.63) is 24.0 Å². The molecule has 0 unspecified atom stereocenters. The Morgan fingerprint density at radius 1 is 1.60 bits per heavy atom. The first-order valence-corrected chi connectivity index (χ1v) is 5.49. The van der Waals surface area contributed by atoms with Crippen LogP contribution >= 0.6 is 12.2 Å². The highest BCUT2D eigenvalue weighted by Crippen LogP contribution is 2.20. The lowest BCUT2D eigenvalue weighted by molar-refractivity contribution is 0.702. The maximum absolute atomic E-state index is 5.68. The summed E-state index contributed by atoms with van der Waals surface area (Å²) in [5, 5.41) is 0. The molecule has 1 aromatic heterocycles. The Morgan fingerprint density at radius 2 is 2.27 bits per heavy atom. The lowest BCUT2D eigenvalue weighted by atomic mass is 10.2. The summed E-state index contributed by atoms with van der Waals surface area (Å²) in [4.78, 5) is 6.77. The van der Waals surface area contributed by atoms with Gasteiger partial charge in [0.1, 0.15) is 4.99 Å². The summed E-state index contributed by atoms with van der Waals surface area (Å²) in [7, 11) is 0. The third kappa shape index (κ3) is 2.65. The Labute approximate surface area is 96.3 Å². The van der Waals surface area contributed by atoms with Gasteiger partial charge in [0.15, 0.2) is 0 Å². The molecule has 0 bridgehead atoms. The number of aromatic nitrogens is 1. The van der Waals surface area contributed by atoms with E-state index in [0.717, 1.165) is 17.8 Å². The minimum Gasteiger partial charge on any atom is -0.389 e. The van der Waals surface area contributed by atoms with Gasteiger partial charge in [0.2, 0.25) is 0 Å². The number of pyridine rings is 1. The zero-order chi connectivity index (χ0) is 11.4. The molecule has 82 valence electrons. The molecule has 1 rings (SSSR count). The van der Waals surface area contributed by atoms with Crippen LogP contribution in [-0.4, -0.2) is 22.6 Å². The standard InChI is InChI=1S/C11H17N3S/c1-4-14(8(2)3)10-7-13-6-5-9(10)11(12)15/h5-8H,4H2,1-3H3,(H2,12,15). The molecule has 0 aliphatic heterocycles. The number of rotatable bonds is 4. The number of hydrogen-bond donors (Lipinski definition) is 1. The van der Waals surface area contributed by atoms with Crippen molar-refractivity contribution in [3.63, 3.8) is 0 Å². The lowest BCUT2D eigenvalue weighted by Gasteiger charge is -2.28. The summed E-state index contributed by atoms with van der Waals surface area (Å²) in [5.41, 5.74) is 7.60. The Bertz CT molecular complexity index is 349. The van der Waals surface area contributed by atoms with Crippen LogP contribution in [0.2, 0.25) is 0 Å². The predicted molar refractivity (Wildman–Crippen MR) is 68.3 cm³/mol. The van der Waals surface area contributed by atoms with E-state index in [1.165, 1.54) is 0 Å². The monoisotopic (exact) mass is 223 g/mol. The average Bonchev–Trinajstić information content (AvgIpc) is 2.18. The van der Waals surface area contributed by atoms with Gasteiger partial charge < -0.3 is 10.6 Å². The van der Waals surface area contributed by atoms with Crippen LogP contribution in [0.15, 0.2) is 18.5 Å². The Kier molecular flexibility index (Phi) is 4.03. The molecule has 0 radical (unpaired) electrons. The molecule has 1 heterocycles. The SMILES string of the molecule is CCN(c1cnccc1C(N)=S)C(C)C. The normalized spacial score (nSPS) is 10.4. The van der Waals surface area contributed by atoms with Crippen LogP contribution in [0.1, 0.15) is 26.3 Å². The third-order valence-corrected chi connectivity index (χ3v) is 2.56. The van der Waals surface area contributed by atoms with Crippen LogP contribution in [0.5, 0.6) is 0 Å². The van der Waals surface area contributed by atoms with E-state index in [-0.39, 0.29) is 0 Å². The van der Waals surface area contributed by atoms with Crippen LogP contribution in [0.25, 0.3) is 0 Å². The second kappa shape index (κ2) is 5.07. The fourth-order valence-electron chi connectivity index (χ4n) is 1.64. The number of anilines is 1. The lowest BCUT2D eigenvalue weighted by Crippen LogP contribution is -2.32. The zero-order valence-electron chi connectivity index (χ0n) is 9.40. The molecule has 4 heteroatoms. The van der Waals surface area contributed by atoms with Crippen LogP contribution < -0.4 is 10.6 Å². The van der Waals surface area contributed by atoms with E-state index >= 15 is 0 Å². The van der Waals surface area contributed by atoms with Crippen molar-refractivity contribution in [2.24, 2.45) is 5.73 Å². The molecular formula is C11H17N3S. The quantitative estimate of drug-likeness (QED) is 0.792. The first-order valence-electron chi connectivity index (χ1n) is 5.08. The van der Waals surface area contributed by atoms with Crippen LogP contribution in [0.4, 0.5) is 5.69 Å². The van der Waals surface area contributed by atoms with Crippen molar-refractivity contribution < 1.29 is 0 Å². The molecule has 0 aliphatic rings. The highest BCUT2D eigenvalue weighted by molar-refractivity contribution is 7.80. The van der Waals surface area contributed by atoms with E-state index in [9.17, 15) is 0 Å². The first-order chi connectivity index (χ1) is 7.07. The highest BCUT2D eigenvalue weighted by Gasteiger charge is 2.13. The molecule has 2 N–H and O–H groups in total. The molecule has 0 amide bonds. The fourth-order valence-corrected chi connectivity index (χ4v) is 1.81. The maximum Gasteiger partial charge on any atom is 0.106 e. The topological polar surface area (TPSA) is 42.2 Å². The van der Waals surface area contributed by atoms with Gasteiger partial charge in [-0.25, -0.2) is 0 Å². The average molecular weight is 223 g/mol. The van der Waals surface area contributed by atoms with E-state index in [2.05, 4.69) is 30.7 Å². The van der Waals surface area contributed by atoms with Gasteiger partial charge in [0.05, 0.1) is 11.9 Å². The summed E-state index contributed by atoms with van der Waals surface area (Å²) >= 11 is 5.03. The Balaban J connectivity index is 3.16. The Hall–Kier alpha value is -1.16. The molecular weight excluding hydrogens is 206 g/mol. The van der Waals surface area contributed by atoms with E-state index in [1.54, 1.807) is 6.20 Å². The van der Waals surface area contributed by atoms with Gasteiger partial charge in [0.25, 0.3) is 0 Å². The van der Waals surface area contributed by atoms with E-state index in [4.69, 9.17) is 18.0 Å². The summed E-state index contributed by atoms with van der Waals surface area (Å²) < 4.78 is 0. The molecule has 1 aromatic rings. The maximum atomic E-state index is 5.68. The second-order valence-electron chi connectivity index (χ2n) is 3.64. The molecule has 0 spiro atoms. The molecule has 0 fully saturated rings. The molecule has 3 nitrogen and oxygen atoms in total. The van der Waals surface area contributed by atoms with Gasteiger partial charge >= 0.3 is 0 Å². The van der Waals surface area contributed by atoms with E-state index in [0.29, 0.717) is 11.0 Å². The van der Waals surface area contributed by atoms with Crippen molar-refractivity contribution in [1.29, 1.82) is 0 Å². The largest absolute Gasteiger partial charge is 0.389 e. The van der Waals surface area contributed by atoms with Crippen molar-refractivity contribution in [2.45, 2.75) is 26.8 Å². The van der Waals surface area contributed by atoms with Crippen LogP contribution in [0.3, 0.4) is 0 Å². The summed E-state index contributed by atoms with van der Waals surface area (Å²) in [6, 6.07) is 2.27. The zero-order valence-corrected chi connectivity index (χ0v) is 10.2. The highest BCUT2D eigenvalue weighted by atomic mass is 32.1. The molecule has 15 heavy (non-hydrogen) atoms. The van der Waals surface area contributed by atoms with Gasteiger partial charge in [-0.3, -0.25) is 4.98 Å². The van der Waals surface area contributed by atoms with E-state index in [1.807, 2.05) is 12.3 Å². The van der Waals surface area contributed by atoms with Crippen molar-refractivity contribution in [3.8, 4) is 0 Å². The first kappa shape index (κ1) is 11.9. The molecule has 0 atom stereocenters. The van der Waals surface area contributed by atoms with Gasteiger partial charge in [-0.15, -0.1) is 0 Å². The van der Waals surface area contributed by atoms with Crippen LogP contribution in [0, 0.1) is 0 Å². The molecule has 0 saturated carbocycles. The van der Waals surface area contributed by atoms with Crippen molar-refractivity contribution in [2.75, 3.05) is 11.4 Å². The minimum absolute atomic E-state index is 0.410. The Morgan fingerprint density at radius 3 is 2.73 bits per heavy atom. The number of hydrogen-bond acceptors (Lipinski definition) is 3. The summed E-state index contributed by atoms with van der Waals surface area (Å²) in [5.74, 6) is 0. The number of nitrogens with two attached hydrogens (primary N) is 1. The number of thiocarbonyl (C=S) groups is 1. The van der Waals surface area contributed by atoms with Crippen molar-refractivity contribution in [1.82, 2.24) is 4.98 Å². The summed E-state index contributed by atoms with van der Waals surface area (Å²) in [6.45, 7) is 7.30. The van der Waals surface area contributed by atoms with Crippen molar-refractivity contribution >= 4 is 22.9 Å². The predicted octanol–water partition coefficient (Wildman–Crippen LogP) is 1.95. The van der Waals surface area contributed by atoms with Gasteiger partial charge in [-0.1, -0.05) is 12.2 Å². The molecule has 0 saturated heterocycles. The van der Waals surface area contributed by atoms with Gasteiger partial charge in [-0.2, -0.15) is 0 Å². The third-order valence-electron chi connectivity index (χ3n) is 2.34. The van der Waals surface area contributed by atoms with E-state index < -0.39 is 0 Å². The second-order valence-corrected chi connectivity index (χ2v) is 4.08. The minimum atomic E-state index is 0.410. The molecule has 0 aromatic carbocycles. The fraction of sp³-hybridized carbons (Fsp3) is 0.455. The van der Waals surface area contributed by atoms with Crippen LogP contribution in [-0.2, 0) is 0 Å².